The quantitative estimate of drug-likeness (QED) is 0.155. The van der Waals surface area contributed by atoms with Crippen LogP contribution in [0.1, 0.15) is 76.9 Å². The van der Waals surface area contributed by atoms with Crippen molar-refractivity contribution in [3.05, 3.63) is 201 Å². The van der Waals surface area contributed by atoms with Crippen LogP contribution in [0.4, 0.5) is 11.4 Å². The first-order chi connectivity index (χ1) is 33.5. The number of nitrogens with zero attached hydrogens (tertiary/aromatic N) is 6. The van der Waals surface area contributed by atoms with E-state index in [9.17, 15) is 9.59 Å². The van der Waals surface area contributed by atoms with E-state index in [1.165, 1.54) is 0 Å². The van der Waals surface area contributed by atoms with E-state index in [0.717, 1.165) is 111 Å². The minimum atomic E-state index is -1.08. The van der Waals surface area contributed by atoms with E-state index in [1.54, 1.807) is 0 Å². The first-order valence-corrected chi connectivity index (χ1v) is 23.8. The van der Waals surface area contributed by atoms with Crippen LogP contribution in [0.25, 0.3) is 43.6 Å². The largest absolute Gasteiger partial charge is 0.440 e. The molecule has 70 heavy (non-hydrogen) atoms. The molecule has 2 aliphatic rings. The van der Waals surface area contributed by atoms with E-state index in [-0.39, 0.29) is 11.9 Å². The molecular formula is C60H58N6O4. The van der Waals surface area contributed by atoms with Crippen LogP contribution < -0.4 is 9.80 Å². The van der Waals surface area contributed by atoms with Crippen LogP contribution in [0.15, 0.2) is 133 Å². The predicted molar refractivity (Wildman–Crippen MR) is 283 cm³/mol. The van der Waals surface area contributed by atoms with Crippen molar-refractivity contribution in [2.24, 2.45) is 28.2 Å². The van der Waals surface area contributed by atoms with Crippen LogP contribution in [0.3, 0.4) is 0 Å². The minimum absolute atomic E-state index is 0.287. The van der Waals surface area contributed by atoms with Crippen LogP contribution in [-0.2, 0) is 48.9 Å². The van der Waals surface area contributed by atoms with Crippen molar-refractivity contribution in [3.63, 3.8) is 0 Å². The second-order valence-corrected chi connectivity index (χ2v) is 19.5. The highest BCUT2D eigenvalue weighted by atomic mass is 16.6. The van der Waals surface area contributed by atoms with Gasteiger partial charge in [-0.3, -0.25) is 0 Å². The number of fused-ring (bicyclic) bond motifs is 6. The van der Waals surface area contributed by atoms with E-state index in [4.69, 9.17) is 9.47 Å². The molecule has 10 heteroatoms. The van der Waals surface area contributed by atoms with Crippen molar-refractivity contribution in [1.29, 1.82) is 0 Å². The number of ether oxygens (including phenoxy) is 2. The Bertz CT molecular complexity index is 3660. The number of rotatable bonds is 6. The molecule has 10 nitrogen and oxygen atoms in total. The van der Waals surface area contributed by atoms with Gasteiger partial charge in [0.15, 0.2) is 11.2 Å². The Hall–Kier alpha value is -7.98. The molecule has 0 fully saturated rings. The molecule has 4 aromatic heterocycles. The molecule has 10 aromatic rings. The topological polar surface area (TPSA) is 78.8 Å². The number of aryl methyl sites for hydroxylation is 4. The van der Waals surface area contributed by atoms with Crippen molar-refractivity contribution >= 4 is 66.9 Å². The fourth-order valence-corrected chi connectivity index (χ4v) is 11.9. The lowest BCUT2D eigenvalue weighted by atomic mass is 9.77. The zero-order valence-corrected chi connectivity index (χ0v) is 42.0. The summed E-state index contributed by atoms with van der Waals surface area (Å²) in [5, 5.41) is 4.38. The molecule has 0 radical (unpaired) electrons. The molecule has 2 aliphatic heterocycles. The first-order valence-electron chi connectivity index (χ1n) is 23.8. The highest BCUT2D eigenvalue weighted by molar-refractivity contribution is 6.03. The number of esters is 2. The van der Waals surface area contributed by atoms with Gasteiger partial charge in [0.1, 0.15) is 0 Å². The zero-order chi connectivity index (χ0) is 49.3. The van der Waals surface area contributed by atoms with Crippen molar-refractivity contribution in [2.45, 2.75) is 38.9 Å². The predicted octanol–water partition coefficient (Wildman–Crippen LogP) is 11.6. The monoisotopic (exact) mass is 926 g/mol. The molecule has 12 rings (SSSR count). The van der Waals surface area contributed by atoms with Gasteiger partial charge in [0.05, 0.1) is 11.1 Å². The number of anilines is 2. The highest BCUT2D eigenvalue weighted by Crippen LogP contribution is 2.56. The lowest BCUT2D eigenvalue weighted by Crippen LogP contribution is -2.31. The number of para-hydroxylation sites is 4. The van der Waals surface area contributed by atoms with Crippen molar-refractivity contribution in [2.75, 3.05) is 38.0 Å². The van der Waals surface area contributed by atoms with E-state index in [1.807, 2.05) is 51.3 Å². The zero-order valence-electron chi connectivity index (χ0n) is 42.0. The summed E-state index contributed by atoms with van der Waals surface area (Å²) < 4.78 is 22.1. The molecule has 0 aliphatic carbocycles. The molecule has 0 spiro atoms. The summed E-state index contributed by atoms with van der Waals surface area (Å²) in [6.45, 7) is 8.49. The van der Waals surface area contributed by atoms with Gasteiger partial charge in [0.25, 0.3) is 0 Å². The van der Waals surface area contributed by atoms with Crippen LogP contribution in [-0.4, -0.2) is 58.4 Å². The Balaban J connectivity index is 0.000000152. The third-order valence-corrected chi connectivity index (χ3v) is 15.7. The van der Waals surface area contributed by atoms with Gasteiger partial charge in [0.2, 0.25) is 0 Å². The summed E-state index contributed by atoms with van der Waals surface area (Å²) in [5.74, 6) is -0.576. The van der Waals surface area contributed by atoms with Gasteiger partial charge in [-0.05, 0) is 82.3 Å². The Kier molecular flexibility index (Phi) is 10.0. The summed E-state index contributed by atoms with van der Waals surface area (Å²) in [6.07, 6.45) is 0. The number of carbonyl (C=O) groups is 2. The Morgan fingerprint density at radius 3 is 1.07 bits per heavy atom. The smallest absolute Gasteiger partial charge is 0.340 e. The van der Waals surface area contributed by atoms with Gasteiger partial charge in [-0.2, -0.15) is 0 Å². The second-order valence-electron chi connectivity index (χ2n) is 19.5. The van der Waals surface area contributed by atoms with Crippen LogP contribution in [0.5, 0.6) is 0 Å². The third-order valence-electron chi connectivity index (χ3n) is 15.7. The molecule has 0 saturated heterocycles. The van der Waals surface area contributed by atoms with Gasteiger partial charge in [-0.1, -0.05) is 78.9 Å². The number of carbonyl (C=O) groups excluding carboxylic acids is 2. The molecule has 0 amide bonds. The molecule has 0 atom stereocenters. The third kappa shape index (κ3) is 5.91. The Morgan fingerprint density at radius 2 is 0.700 bits per heavy atom. The summed E-state index contributed by atoms with van der Waals surface area (Å²) in [5.41, 5.74) is 15.8. The maximum absolute atomic E-state index is 13.7. The van der Waals surface area contributed by atoms with E-state index in [0.29, 0.717) is 11.1 Å². The molecule has 352 valence electrons. The van der Waals surface area contributed by atoms with Gasteiger partial charge < -0.3 is 37.5 Å². The van der Waals surface area contributed by atoms with Crippen LogP contribution in [0.2, 0.25) is 0 Å². The normalized spacial score (nSPS) is 14.5. The number of hydrogen-bond acceptors (Lipinski definition) is 6. The maximum atomic E-state index is 13.7. The summed E-state index contributed by atoms with van der Waals surface area (Å²) in [4.78, 5) is 31.3. The summed E-state index contributed by atoms with van der Waals surface area (Å²) in [7, 11) is 16.3. The van der Waals surface area contributed by atoms with E-state index in [2.05, 4.69) is 194 Å². The lowest BCUT2D eigenvalue weighted by Gasteiger charge is -2.32. The minimum Gasteiger partial charge on any atom is -0.440 e. The number of benzene rings is 6. The van der Waals surface area contributed by atoms with Gasteiger partial charge in [-0.25, -0.2) is 9.59 Å². The van der Waals surface area contributed by atoms with Crippen molar-refractivity contribution in [1.82, 2.24) is 18.3 Å². The molecular weight excluding hydrogens is 869 g/mol. The molecule has 0 saturated carbocycles. The lowest BCUT2D eigenvalue weighted by molar-refractivity contribution is 0.0246. The summed E-state index contributed by atoms with van der Waals surface area (Å²) >= 11 is 0. The molecule has 0 unspecified atom stereocenters. The second kappa shape index (κ2) is 15.8. The van der Waals surface area contributed by atoms with Crippen LogP contribution >= 0.6 is 0 Å². The Morgan fingerprint density at radius 1 is 0.386 bits per heavy atom. The number of cyclic esters (lactones) is 2. The molecule has 6 aromatic carbocycles. The number of aromatic nitrogens is 4. The fourth-order valence-electron chi connectivity index (χ4n) is 11.9. The van der Waals surface area contributed by atoms with Crippen LogP contribution in [0, 0.1) is 27.7 Å². The van der Waals surface area contributed by atoms with Crippen molar-refractivity contribution < 1.29 is 19.1 Å². The number of hydrogen-bond donors (Lipinski definition) is 0. The summed E-state index contributed by atoms with van der Waals surface area (Å²) in [6, 6.07) is 45.7. The van der Waals surface area contributed by atoms with E-state index < -0.39 is 11.2 Å². The Labute approximate surface area is 408 Å². The molecule has 0 N–H and O–H groups in total. The maximum Gasteiger partial charge on any atom is 0.340 e. The van der Waals surface area contributed by atoms with Gasteiger partial charge in [-0.15, -0.1) is 0 Å². The average Bonchev–Trinajstić information content (AvgIpc) is 4.13. The van der Waals surface area contributed by atoms with Crippen molar-refractivity contribution in [3.8, 4) is 0 Å². The van der Waals surface area contributed by atoms with Gasteiger partial charge >= 0.3 is 11.9 Å². The fraction of sp³-hybridized carbons (Fsp3) is 0.233. The average molecular weight is 927 g/mol. The molecule has 0 bridgehead atoms. The first kappa shape index (κ1) is 44.5. The molecule has 6 heterocycles. The highest BCUT2D eigenvalue weighted by Gasteiger charge is 2.55. The van der Waals surface area contributed by atoms with Gasteiger partial charge in [0, 0.05) is 168 Å². The standard InChI is InChI=1S/2C30H29N3O2/c1-18-27(22-11-7-9-13-25(22)32(18)5)30(28-19(2)33(6)26-14-10-8-12-23(26)28)24-17-20(31(3)4)15-16-21(24)29(34)35-30;1-18-27(21-11-7-9-13-25(21)32(18)5)30(28-19(2)33(6)26-14-10-8-12-22(26)28)24-16-15-20(31(3)4)17-23(24)29(34)35-30/h2*7-17H,1-6H3. The van der Waals surface area contributed by atoms with E-state index >= 15 is 0 Å². The SMILES string of the molecule is Cc1c(C2(c3c(C)n(C)c4ccccc34)OC(=O)c3cc(N(C)C)ccc32)c2ccccc2n1C.Cc1c(C2(c3c(C)n(C)c4ccccc34)OC(=O)c3ccc(N(C)C)cc32)c2ccccc2n1C.